The van der Waals surface area contributed by atoms with Crippen LogP contribution in [-0.4, -0.2) is 61.6 Å². The highest BCUT2D eigenvalue weighted by atomic mass is 32.2. The fourth-order valence-corrected chi connectivity index (χ4v) is 3.31. The van der Waals surface area contributed by atoms with Gasteiger partial charge in [-0.2, -0.15) is 0 Å². The van der Waals surface area contributed by atoms with E-state index in [1.807, 2.05) is 32.3 Å². The number of likely N-dealkylation sites (N-methyl/N-ethyl adjacent to an activating group) is 1. The molecular weight excluding hydrogens is 286 g/mol. The molecule has 2 amide bonds. The quantitative estimate of drug-likeness (QED) is 0.768. The average molecular weight is 308 g/mol. The molecule has 1 aromatic carbocycles. The van der Waals surface area contributed by atoms with Gasteiger partial charge in [0.1, 0.15) is 6.04 Å². The van der Waals surface area contributed by atoms with Crippen LogP contribution in [0.4, 0.5) is 0 Å². The first-order valence-electron chi connectivity index (χ1n) is 7.10. The van der Waals surface area contributed by atoms with Gasteiger partial charge in [0.2, 0.25) is 5.91 Å². The third kappa shape index (κ3) is 4.22. The average Bonchev–Trinajstić information content (AvgIpc) is 2.96. The lowest BCUT2D eigenvalue weighted by Gasteiger charge is -2.23. The summed E-state index contributed by atoms with van der Waals surface area (Å²) in [5, 5.41) is 2.93. The molecule has 114 valence electrons. The fraction of sp³-hybridized carbons (Fsp3) is 0.467. The van der Waals surface area contributed by atoms with Crippen LogP contribution in [0.5, 0.6) is 0 Å². The van der Waals surface area contributed by atoms with Crippen LogP contribution in [-0.2, 0) is 4.79 Å². The van der Waals surface area contributed by atoms with Crippen molar-refractivity contribution in [2.45, 2.75) is 6.04 Å². The zero-order chi connectivity index (χ0) is 15.2. The summed E-state index contributed by atoms with van der Waals surface area (Å²) in [5.41, 5.74) is 0.635. The van der Waals surface area contributed by atoms with Crippen LogP contribution < -0.4 is 10.2 Å². The van der Waals surface area contributed by atoms with Gasteiger partial charge >= 0.3 is 0 Å². The van der Waals surface area contributed by atoms with E-state index in [0.717, 1.165) is 6.54 Å². The minimum Gasteiger partial charge on any atom is -0.349 e. The Hall–Kier alpha value is -1.53. The molecule has 0 bridgehead atoms. The van der Waals surface area contributed by atoms with E-state index < -0.39 is 0 Å². The smallest absolute Gasteiger partial charge is 0.255 e. The van der Waals surface area contributed by atoms with Crippen molar-refractivity contribution in [2.24, 2.45) is 0 Å². The van der Waals surface area contributed by atoms with Crippen LogP contribution in [0.2, 0.25) is 0 Å². The largest absolute Gasteiger partial charge is 0.349 e. The highest BCUT2D eigenvalue weighted by Crippen LogP contribution is 2.23. The molecule has 0 saturated carbocycles. The zero-order valence-electron chi connectivity index (χ0n) is 12.5. The molecule has 1 saturated heterocycles. The minimum atomic E-state index is -0.361. The zero-order valence-corrected chi connectivity index (χ0v) is 13.3. The number of benzene rings is 1. The predicted molar refractivity (Wildman–Crippen MR) is 84.4 cm³/mol. The Labute approximate surface area is 129 Å². The summed E-state index contributed by atoms with van der Waals surface area (Å²) in [6, 6.07) is 8.77. The number of amides is 2. The van der Waals surface area contributed by atoms with E-state index in [4.69, 9.17) is 0 Å². The number of hydrogen-bond acceptors (Lipinski definition) is 3. The van der Waals surface area contributed by atoms with Crippen molar-refractivity contribution in [2.75, 3.05) is 38.8 Å². The predicted octanol–water partition coefficient (Wildman–Crippen LogP) is -0.538. The molecule has 2 N–H and O–H groups in total. The van der Waals surface area contributed by atoms with Crippen molar-refractivity contribution < 1.29 is 14.5 Å². The summed E-state index contributed by atoms with van der Waals surface area (Å²) in [5.74, 6) is 1.12. The van der Waals surface area contributed by atoms with E-state index in [-0.39, 0.29) is 17.9 Å². The molecule has 0 spiro atoms. The third-order valence-electron chi connectivity index (χ3n) is 3.39. The summed E-state index contributed by atoms with van der Waals surface area (Å²) in [4.78, 5) is 27.7. The second kappa shape index (κ2) is 7.47. The first kappa shape index (κ1) is 15.9. The number of thioether (sulfide) groups is 1. The Morgan fingerprint density at radius 2 is 2.05 bits per heavy atom. The van der Waals surface area contributed by atoms with Gasteiger partial charge in [0.15, 0.2) is 0 Å². The van der Waals surface area contributed by atoms with Crippen LogP contribution in [0.3, 0.4) is 0 Å². The minimum absolute atomic E-state index is 0.0504. The second-order valence-corrected chi connectivity index (χ2v) is 6.40. The summed E-state index contributed by atoms with van der Waals surface area (Å²) in [6.07, 6.45) is 0. The maximum Gasteiger partial charge on any atom is 0.255 e. The van der Waals surface area contributed by atoms with Crippen molar-refractivity contribution in [1.82, 2.24) is 10.2 Å². The highest BCUT2D eigenvalue weighted by Gasteiger charge is 2.34. The molecule has 0 radical (unpaired) electrons. The molecule has 1 aliphatic rings. The van der Waals surface area contributed by atoms with E-state index in [9.17, 15) is 9.59 Å². The number of nitrogens with zero attached hydrogens (tertiary/aromatic N) is 1. The number of carbonyl (C=O) groups excluding carboxylic acids is 2. The molecule has 21 heavy (non-hydrogen) atoms. The van der Waals surface area contributed by atoms with Gasteiger partial charge in [-0.05, 0) is 12.1 Å². The maximum absolute atomic E-state index is 12.5. The summed E-state index contributed by atoms with van der Waals surface area (Å²) in [6.45, 7) is 1.51. The van der Waals surface area contributed by atoms with Gasteiger partial charge in [-0.15, -0.1) is 11.8 Å². The lowest BCUT2D eigenvalue weighted by atomic mass is 10.1. The normalized spacial score (nSPS) is 18.0. The molecule has 1 fully saturated rings. The molecule has 1 heterocycles. The molecule has 1 aliphatic heterocycles. The Balaban J connectivity index is 1.96. The topological polar surface area (TPSA) is 53.9 Å². The van der Waals surface area contributed by atoms with Crippen molar-refractivity contribution in [3.05, 3.63) is 35.9 Å². The van der Waals surface area contributed by atoms with Crippen molar-refractivity contribution in [3.8, 4) is 0 Å². The summed E-state index contributed by atoms with van der Waals surface area (Å²) >= 11 is 1.62. The van der Waals surface area contributed by atoms with Gasteiger partial charge in [0, 0.05) is 11.3 Å². The van der Waals surface area contributed by atoms with Gasteiger partial charge in [0.05, 0.1) is 33.1 Å². The fourth-order valence-electron chi connectivity index (χ4n) is 2.16. The van der Waals surface area contributed by atoms with Gasteiger partial charge in [-0.25, -0.2) is 0 Å². The van der Waals surface area contributed by atoms with Crippen molar-refractivity contribution in [1.29, 1.82) is 0 Å². The monoisotopic (exact) mass is 308 g/mol. The molecule has 1 aromatic rings. The van der Waals surface area contributed by atoms with E-state index in [0.29, 0.717) is 23.7 Å². The van der Waals surface area contributed by atoms with E-state index >= 15 is 0 Å². The summed E-state index contributed by atoms with van der Waals surface area (Å²) < 4.78 is 0. The van der Waals surface area contributed by atoms with Crippen LogP contribution in [0, 0.1) is 0 Å². The van der Waals surface area contributed by atoms with Crippen LogP contribution in [0.1, 0.15) is 10.4 Å². The number of quaternary nitrogens is 1. The van der Waals surface area contributed by atoms with E-state index in [1.54, 1.807) is 28.8 Å². The second-order valence-electron chi connectivity index (χ2n) is 5.40. The molecule has 0 unspecified atom stereocenters. The first-order valence-corrected chi connectivity index (χ1v) is 8.25. The van der Waals surface area contributed by atoms with Gasteiger partial charge in [0.25, 0.3) is 5.91 Å². The van der Waals surface area contributed by atoms with Crippen LogP contribution in [0.25, 0.3) is 0 Å². The molecule has 5 nitrogen and oxygen atoms in total. The molecule has 6 heteroatoms. The molecule has 1 atom stereocenters. The van der Waals surface area contributed by atoms with Crippen LogP contribution >= 0.6 is 11.8 Å². The van der Waals surface area contributed by atoms with Crippen molar-refractivity contribution in [3.63, 3.8) is 0 Å². The number of nitrogens with one attached hydrogen (secondary N) is 2. The van der Waals surface area contributed by atoms with Crippen molar-refractivity contribution >= 4 is 23.6 Å². The Bertz CT molecular complexity index is 493. The van der Waals surface area contributed by atoms with E-state index in [1.165, 1.54) is 4.90 Å². The van der Waals surface area contributed by atoms with Gasteiger partial charge in [-0.1, -0.05) is 18.2 Å². The Morgan fingerprint density at radius 3 is 2.71 bits per heavy atom. The molecular formula is C15H22N3O2S+. The van der Waals surface area contributed by atoms with Crippen LogP contribution in [0.15, 0.2) is 30.3 Å². The highest BCUT2D eigenvalue weighted by molar-refractivity contribution is 7.99. The molecule has 2 rings (SSSR count). The maximum atomic E-state index is 12.5. The van der Waals surface area contributed by atoms with Gasteiger partial charge in [-0.3, -0.25) is 9.59 Å². The Morgan fingerprint density at radius 1 is 1.33 bits per heavy atom. The standard InChI is InChI=1S/C15H21N3O2S/c1-17(2)9-8-16-14(19)13-10-21-11-18(13)15(20)12-6-4-3-5-7-12/h3-7,13H,8-11H2,1-2H3,(H,16,19)/p+1/t13-/m1/s1. The molecule has 0 aliphatic carbocycles. The van der Waals surface area contributed by atoms with E-state index in [2.05, 4.69) is 5.32 Å². The molecule has 0 aromatic heterocycles. The number of hydrogen-bond donors (Lipinski definition) is 2. The summed E-state index contributed by atoms with van der Waals surface area (Å²) in [7, 11) is 4.09. The lowest BCUT2D eigenvalue weighted by Crippen LogP contribution is -3.06. The SMILES string of the molecule is C[NH+](C)CCNC(=O)[C@H]1CSCN1C(=O)c1ccccc1. The number of carbonyl (C=O) groups is 2. The Kier molecular flexibility index (Phi) is 5.64. The van der Waals surface area contributed by atoms with Gasteiger partial charge < -0.3 is 15.1 Å². The third-order valence-corrected chi connectivity index (χ3v) is 4.40. The number of rotatable bonds is 5. The lowest BCUT2D eigenvalue weighted by molar-refractivity contribution is -0.856. The first-order chi connectivity index (χ1) is 10.1.